The lowest BCUT2D eigenvalue weighted by Crippen LogP contribution is -2.28. The van der Waals surface area contributed by atoms with Crippen LogP contribution in [0.4, 0.5) is 11.4 Å². The number of benzene rings is 2. The summed E-state index contributed by atoms with van der Waals surface area (Å²) in [4.78, 5) is 35.2. The Morgan fingerprint density at radius 2 is 1.97 bits per heavy atom. The molecule has 0 aromatic heterocycles. The van der Waals surface area contributed by atoms with Crippen molar-refractivity contribution in [1.82, 2.24) is 5.32 Å². The summed E-state index contributed by atoms with van der Waals surface area (Å²) in [5.41, 5.74) is 2.72. The Balaban J connectivity index is 1.62. The smallest absolute Gasteiger partial charge is 0.293 e. The summed E-state index contributed by atoms with van der Waals surface area (Å²) < 4.78 is 0. The molecule has 10 nitrogen and oxygen atoms in total. The van der Waals surface area contributed by atoms with E-state index in [9.17, 15) is 24.8 Å². The molecule has 1 saturated heterocycles. The van der Waals surface area contributed by atoms with Crippen molar-refractivity contribution in [3.05, 3.63) is 62.7 Å². The lowest BCUT2D eigenvalue weighted by molar-refractivity contribution is -0.384. The van der Waals surface area contributed by atoms with Crippen molar-refractivity contribution in [2.24, 2.45) is 10.2 Å². The molecule has 0 radical (unpaired) electrons. The van der Waals surface area contributed by atoms with Crippen LogP contribution in [0.15, 0.2) is 40.5 Å². The fraction of sp³-hybridized carbons (Fsp3) is 0.238. The number of phenols is 1. The average Bonchev–Trinajstić information content (AvgIpc) is 3.06. The molecule has 0 aliphatic carbocycles. The molecule has 1 heterocycles. The molecule has 1 atom stereocenters. The summed E-state index contributed by atoms with van der Waals surface area (Å²) in [6, 6.07) is 7.99. The van der Waals surface area contributed by atoms with Gasteiger partial charge in [-0.25, -0.2) is 0 Å². The lowest BCUT2D eigenvalue weighted by atomic mass is 10.1. The van der Waals surface area contributed by atoms with Crippen molar-refractivity contribution < 1.29 is 19.6 Å². The Labute approximate surface area is 188 Å². The van der Waals surface area contributed by atoms with Crippen LogP contribution in [0.1, 0.15) is 28.7 Å². The van der Waals surface area contributed by atoms with Crippen LogP contribution in [0.3, 0.4) is 0 Å². The van der Waals surface area contributed by atoms with Crippen molar-refractivity contribution >= 4 is 46.3 Å². The molecule has 1 fully saturated rings. The third-order valence-electron chi connectivity index (χ3n) is 4.64. The highest BCUT2D eigenvalue weighted by molar-refractivity contribution is 8.15. The SMILES string of the molecule is Cc1ccc(NC(=O)CC2S/C(=N/N=C/c3cc(C)c(O)c(C)c3)NC2=O)c([N+](=O)[O-])c1. The highest BCUT2D eigenvalue weighted by atomic mass is 32.2. The summed E-state index contributed by atoms with van der Waals surface area (Å²) in [7, 11) is 0. The van der Waals surface area contributed by atoms with Crippen molar-refractivity contribution in [3.8, 4) is 5.75 Å². The van der Waals surface area contributed by atoms with E-state index >= 15 is 0 Å². The molecule has 2 aromatic rings. The predicted octanol–water partition coefficient (Wildman–Crippen LogP) is 3.18. The first-order valence-corrected chi connectivity index (χ1v) is 10.5. The number of phenolic OH excluding ortho intramolecular Hbond substituents is 1. The number of aryl methyl sites for hydroxylation is 3. The third-order valence-corrected chi connectivity index (χ3v) is 5.71. The van der Waals surface area contributed by atoms with E-state index in [1.54, 1.807) is 39.0 Å². The second-order valence-electron chi connectivity index (χ2n) is 7.28. The van der Waals surface area contributed by atoms with E-state index in [0.717, 1.165) is 17.3 Å². The topological polar surface area (TPSA) is 146 Å². The van der Waals surface area contributed by atoms with E-state index in [2.05, 4.69) is 20.8 Å². The minimum Gasteiger partial charge on any atom is -0.507 e. The van der Waals surface area contributed by atoms with Gasteiger partial charge in [-0.1, -0.05) is 17.8 Å². The summed E-state index contributed by atoms with van der Waals surface area (Å²) in [6.07, 6.45) is 1.32. The molecule has 11 heteroatoms. The van der Waals surface area contributed by atoms with Gasteiger partial charge < -0.3 is 15.7 Å². The number of nitrogens with zero attached hydrogens (tertiary/aromatic N) is 3. The van der Waals surface area contributed by atoms with Gasteiger partial charge in [-0.05, 0) is 61.2 Å². The van der Waals surface area contributed by atoms with E-state index in [0.29, 0.717) is 16.7 Å². The molecular weight excluding hydrogens is 434 g/mol. The number of carbonyl (C=O) groups excluding carboxylic acids is 2. The van der Waals surface area contributed by atoms with Crippen molar-refractivity contribution in [3.63, 3.8) is 0 Å². The maximum absolute atomic E-state index is 12.4. The van der Waals surface area contributed by atoms with Crippen LogP contribution in [-0.4, -0.2) is 38.5 Å². The number of aromatic hydroxyl groups is 1. The zero-order valence-corrected chi connectivity index (χ0v) is 18.4. The number of amidine groups is 1. The number of thioether (sulfide) groups is 1. The zero-order chi connectivity index (χ0) is 23.4. The minimum absolute atomic E-state index is 0.0759. The molecule has 3 N–H and O–H groups in total. The van der Waals surface area contributed by atoms with Gasteiger partial charge in [0.15, 0.2) is 5.17 Å². The van der Waals surface area contributed by atoms with Crippen molar-refractivity contribution in [2.45, 2.75) is 32.4 Å². The number of hydrogen-bond acceptors (Lipinski definition) is 8. The molecule has 0 spiro atoms. The van der Waals surface area contributed by atoms with Gasteiger partial charge in [-0.3, -0.25) is 19.7 Å². The zero-order valence-electron chi connectivity index (χ0n) is 17.6. The number of rotatable bonds is 6. The lowest BCUT2D eigenvalue weighted by Gasteiger charge is -2.08. The fourth-order valence-corrected chi connectivity index (χ4v) is 3.99. The first-order chi connectivity index (χ1) is 15.1. The van der Waals surface area contributed by atoms with Crippen LogP contribution in [0.25, 0.3) is 0 Å². The average molecular weight is 455 g/mol. The normalized spacial score (nSPS) is 17.0. The Morgan fingerprint density at radius 3 is 2.62 bits per heavy atom. The summed E-state index contributed by atoms with van der Waals surface area (Å²) in [5, 5.41) is 33.5. The number of nitro benzene ring substituents is 1. The molecule has 1 aliphatic heterocycles. The monoisotopic (exact) mass is 455 g/mol. The summed E-state index contributed by atoms with van der Waals surface area (Å²) in [5.74, 6) is -0.692. The predicted molar refractivity (Wildman–Crippen MR) is 123 cm³/mol. The van der Waals surface area contributed by atoms with E-state index in [-0.39, 0.29) is 28.7 Å². The van der Waals surface area contributed by atoms with Gasteiger partial charge in [0.1, 0.15) is 16.7 Å². The molecule has 0 saturated carbocycles. The van der Waals surface area contributed by atoms with Crippen LogP contribution in [0, 0.1) is 30.9 Å². The number of nitrogens with one attached hydrogen (secondary N) is 2. The molecule has 0 bridgehead atoms. The van der Waals surface area contributed by atoms with Gasteiger partial charge in [0, 0.05) is 12.5 Å². The number of anilines is 1. The second kappa shape index (κ2) is 9.60. The Bertz CT molecular complexity index is 1140. The van der Waals surface area contributed by atoms with Gasteiger partial charge in [-0.15, -0.1) is 5.10 Å². The number of hydrogen-bond donors (Lipinski definition) is 3. The number of amides is 2. The van der Waals surface area contributed by atoms with Gasteiger partial charge >= 0.3 is 0 Å². The van der Waals surface area contributed by atoms with E-state index in [1.165, 1.54) is 18.3 Å². The second-order valence-corrected chi connectivity index (χ2v) is 8.47. The highest BCUT2D eigenvalue weighted by Gasteiger charge is 2.32. The standard InChI is InChI=1S/C21H21N5O5S/c1-11-4-5-15(16(6-11)26(30)31)23-18(27)9-17-20(29)24-21(32-17)25-22-10-14-7-12(2)19(28)13(3)8-14/h4-8,10,17,28H,9H2,1-3H3,(H,23,27)(H,24,25,29)/b22-10+. The summed E-state index contributed by atoms with van der Waals surface area (Å²) >= 11 is 1.06. The largest absolute Gasteiger partial charge is 0.507 e. The Morgan fingerprint density at radius 1 is 1.28 bits per heavy atom. The third kappa shape index (κ3) is 5.49. The molecule has 1 aliphatic rings. The van der Waals surface area contributed by atoms with Crippen LogP contribution >= 0.6 is 11.8 Å². The molecular formula is C21H21N5O5S. The minimum atomic E-state index is -0.730. The summed E-state index contributed by atoms with van der Waals surface area (Å²) in [6.45, 7) is 5.27. The number of nitro groups is 1. The highest BCUT2D eigenvalue weighted by Crippen LogP contribution is 2.27. The van der Waals surface area contributed by atoms with E-state index in [4.69, 9.17) is 0 Å². The van der Waals surface area contributed by atoms with Crippen molar-refractivity contribution in [1.29, 1.82) is 0 Å². The molecule has 166 valence electrons. The Hall–Kier alpha value is -3.73. The first kappa shape index (κ1) is 22.9. The molecule has 2 aromatic carbocycles. The molecule has 3 rings (SSSR count). The van der Waals surface area contributed by atoms with Gasteiger partial charge in [-0.2, -0.15) is 5.10 Å². The van der Waals surface area contributed by atoms with E-state index in [1.807, 2.05) is 0 Å². The van der Waals surface area contributed by atoms with Gasteiger partial charge in [0.2, 0.25) is 11.8 Å². The Kier molecular flexibility index (Phi) is 6.89. The quantitative estimate of drug-likeness (QED) is 0.346. The fourth-order valence-electron chi connectivity index (χ4n) is 3.07. The van der Waals surface area contributed by atoms with E-state index < -0.39 is 22.0 Å². The van der Waals surface area contributed by atoms with Gasteiger partial charge in [0.05, 0.1) is 11.1 Å². The molecule has 32 heavy (non-hydrogen) atoms. The van der Waals surface area contributed by atoms with Crippen LogP contribution in [0.2, 0.25) is 0 Å². The first-order valence-electron chi connectivity index (χ1n) is 9.57. The molecule has 1 unspecified atom stereocenters. The maximum atomic E-state index is 12.4. The molecule has 2 amide bonds. The van der Waals surface area contributed by atoms with Crippen LogP contribution < -0.4 is 10.6 Å². The van der Waals surface area contributed by atoms with Crippen LogP contribution in [-0.2, 0) is 9.59 Å². The van der Waals surface area contributed by atoms with Crippen molar-refractivity contribution in [2.75, 3.05) is 5.32 Å². The van der Waals surface area contributed by atoms with Gasteiger partial charge in [0.25, 0.3) is 5.69 Å². The maximum Gasteiger partial charge on any atom is 0.293 e. The van der Waals surface area contributed by atoms with Crippen LogP contribution in [0.5, 0.6) is 5.75 Å². The number of carbonyl (C=O) groups is 2.